The Morgan fingerprint density at radius 2 is 1.58 bits per heavy atom. The molecular formula is C6H14N2S4. The maximum atomic E-state index is 5.12. The van der Waals surface area contributed by atoms with Gasteiger partial charge in [0.2, 0.25) is 0 Å². The number of hydrogen-bond donors (Lipinski definition) is 0. The van der Waals surface area contributed by atoms with Crippen LogP contribution in [0, 0.1) is 0 Å². The van der Waals surface area contributed by atoms with E-state index in [1.807, 2.05) is 38.0 Å². The quantitative estimate of drug-likeness (QED) is 0.468. The van der Waals surface area contributed by atoms with Gasteiger partial charge in [-0.2, -0.15) is 10.8 Å². The fraction of sp³-hybridized carbons (Fsp3) is 0.667. The van der Waals surface area contributed by atoms with Gasteiger partial charge in [-0.05, 0) is 10.8 Å². The summed E-state index contributed by atoms with van der Waals surface area (Å²) in [5.41, 5.74) is 0. The molecule has 0 atom stereocenters. The van der Waals surface area contributed by atoms with Gasteiger partial charge in [0.05, 0.1) is 0 Å². The molecule has 0 radical (unpaired) electrons. The lowest BCUT2D eigenvalue weighted by Crippen LogP contribution is -2.18. The van der Waals surface area contributed by atoms with Gasteiger partial charge >= 0.3 is 0 Å². The number of rotatable bonds is 0. The number of hydrogen-bond acceptors (Lipinski definition) is 3. The molecule has 0 rings (SSSR count). The summed E-state index contributed by atoms with van der Waals surface area (Å²) in [6.07, 6.45) is 0. The van der Waals surface area contributed by atoms with E-state index in [2.05, 4.69) is 0 Å². The van der Waals surface area contributed by atoms with Crippen molar-refractivity contribution in [1.82, 2.24) is 9.80 Å². The Hall–Kier alpha value is 0.480. The van der Waals surface area contributed by atoms with Crippen molar-refractivity contribution in [3.05, 3.63) is 0 Å². The van der Waals surface area contributed by atoms with Crippen LogP contribution in [0.2, 0.25) is 0 Å². The summed E-state index contributed by atoms with van der Waals surface area (Å²) in [4.78, 5) is 3.87. The third kappa shape index (κ3) is 5.18. The zero-order valence-electron chi connectivity index (χ0n) is 7.62. The maximum absolute atomic E-state index is 5.12. The van der Waals surface area contributed by atoms with Crippen molar-refractivity contribution in [3.8, 4) is 0 Å². The zero-order valence-corrected chi connectivity index (χ0v) is 11.1. The minimum absolute atomic E-state index is 0.551. The molecule has 0 saturated carbocycles. The van der Waals surface area contributed by atoms with E-state index >= 15 is 0 Å². The molecule has 0 aliphatic rings. The molecule has 72 valence electrons. The van der Waals surface area contributed by atoms with Gasteiger partial charge in [0.1, 0.15) is 8.64 Å². The molecule has 0 heterocycles. The average molecular weight is 242 g/mol. The molecule has 0 aromatic carbocycles. The normalized spacial score (nSPS) is 11.0. The van der Waals surface area contributed by atoms with Gasteiger partial charge < -0.3 is 9.80 Å². The summed E-state index contributed by atoms with van der Waals surface area (Å²) in [5.74, 6) is 0. The van der Waals surface area contributed by atoms with Crippen LogP contribution < -0.4 is 0 Å². The van der Waals surface area contributed by atoms with Crippen molar-refractivity contribution in [2.24, 2.45) is 0 Å². The Kier molecular flexibility index (Phi) is 6.25. The highest BCUT2D eigenvalue weighted by Gasteiger charge is 2.01. The Morgan fingerprint density at radius 1 is 1.08 bits per heavy atom. The van der Waals surface area contributed by atoms with E-state index < -0.39 is 0 Å². The monoisotopic (exact) mass is 242 g/mol. The predicted molar refractivity (Wildman–Crippen MR) is 70.5 cm³/mol. The SMILES string of the molecule is CN(C)C(=S)S[SH2]C(=S)N(C)C. The third-order valence-electron chi connectivity index (χ3n) is 0.997. The Labute approximate surface area is 92.4 Å². The molecule has 0 N–H and O–H groups in total. The molecular weight excluding hydrogens is 228 g/mol. The largest absolute Gasteiger partial charge is 0.365 e. The van der Waals surface area contributed by atoms with Gasteiger partial charge in [-0.1, -0.05) is 24.4 Å². The van der Waals surface area contributed by atoms with Crippen LogP contribution in [0.25, 0.3) is 0 Å². The van der Waals surface area contributed by atoms with Crippen LogP contribution >= 0.6 is 46.0 Å². The van der Waals surface area contributed by atoms with Gasteiger partial charge in [0.15, 0.2) is 0 Å². The van der Waals surface area contributed by atoms with Crippen LogP contribution in [-0.2, 0) is 0 Å². The van der Waals surface area contributed by atoms with Gasteiger partial charge in [-0.3, -0.25) is 0 Å². The maximum Gasteiger partial charge on any atom is 0.145 e. The smallest absolute Gasteiger partial charge is 0.145 e. The zero-order chi connectivity index (χ0) is 9.72. The first-order valence-corrected chi connectivity index (χ1v) is 6.66. The number of thiocarbonyl (C=S) groups is 2. The van der Waals surface area contributed by atoms with Gasteiger partial charge in [0.25, 0.3) is 0 Å². The first kappa shape index (κ1) is 12.5. The molecule has 0 aromatic heterocycles. The molecule has 0 fully saturated rings. The summed E-state index contributed by atoms with van der Waals surface area (Å²) in [5, 5.41) is 0. The van der Waals surface area contributed by atoms with E-state index in [1.54, 1.807) is 10.8 Å². The second-order valence-electron chi connectivity index (χ2n) is 2.56. The lowest BCUT2D eigenvalue weighted by molar-refractivity contribution is 0.647. The van der Waals surface area contributed by atoms with Crippen LogP contribution in [-0.4, -0.2) is 46.6 Å². The van der Waals surface area contributed by atoms with Crippen LogP contribution in [0.3, 0.4) is 0 Å². The molecule has 2 nitrogen and oxygen atoms in total. The van der Waals surface area contributed by atoms with Crippen molar-refractivity contribution in [2.75, 3.05) is 28.2 Å². The summed E-state index contributed by atoms with van der Waals surface area (Å²) >= 11 is 10.2. The predicted octanol–water partition coefficient (Wildman–Crippen LogP) is 1.53. The summed E-state index contributed by atoms with van der Waals surface area (Å²) < 4.78 is 1.83. The molecule has 6 heteroatoms. The van der Waals surface area contributed by atoms with Crippen molar-refractivity contribution in [1.29, 1.82) is 0 Å². The minimum atomic E-state index is 0.551. The number of nitrogens with zero attached hydrogens (tertiary/aromatic N) is 2. The molecule has 0 unspecified atom stereocenters. The highest BCUT2D eigenvalue weighted by atomic mass is 33.1. The van der Waals surface area contributed by atoms with Crippen molar-refractivity contribution in [2.45, 2.75) is 0 Å². The first-order valence-electron chi connectivity index (χ1n) is 3.30. The molecule has 0 saturated heterocycles. The fourth-order valence-corrected chi connectivity index (χ4v) is 3.18. The van der Waals surface area contributed by atoms with Crippen molar-refractivity contribution < 1.29 is 0 Å². The fourth-order valence-electron chi connectivity index (χ4n) is 0.270. The van der Waals surface area contributed by atoms with Crippen LogP contribution in [0.5, 0.6) is 0 Å². The minimum Gasteiger partial charge on any atom is -0.365 e. The van der Waals surface area contributed by atoms with Crippen LogP contribution in [0.4, 0.5) is 0 Å². The lowest BCUT2D eigenvalue weighted by Gasteiger charge is -2.17. The molecule has 0 spiro atoms. The molecule has 0 aliphatic heterocycles. The summed E-state index contributed by atoms with van der Waals surface area (Å²) in [6, 6.07) is 0. The highest BCUT2D eigenvalue weighted by molar-refractivity contribution is 8.89. The van der Waals surface area contributed by atoms with E-state index in [1.165, 1.54) is 0 Å². The van der Waals surface area contributed by atoms with E-state index in [9.17, 15) is 0 Å². The molecule has 12 heavy (non-hydrogen) atoms. The highest BCUT2D eigenvalue weighted by Crippen LogP contribution is 2.26. The van der Waals surface area contributed by atoms with E-state index in [4.69, 9.17) is 24.4 Å². The van der Waals surface area contributed by atoms with E-state index in [0.29, 0.717) is 10.8 Å². The van der Waals surface area contributed by atoms with E-state index in [-0.39, 0.29) is 0 Å². The second-order valence-corrected chi connectivity index (χ2v) is 6.45. The van der Waals surface area contributed by atoms with Crippen LogP contribution in [0.15, 0.2) is 0 Å². The Morgan fingerprint density at radius 3 is 1.92 bits per heavy atom. The van der Waals surface area contributed by atoms with Gasteiger partial charge in [0, 0.05) is 28.2 Å². The van der Waals surface area contributed by atoms with E-state index in [0.717, 1.165) is 8.64 Å². The topological polar surface area (TPSA) is 6.48 Å². The van der Waals surface area contributed by atoms with Crippen LogP contribution in [0.1, 0.15) is 0 Å². The average Bonchev–Trinajstić information content (AvgIpc) is 1.98. The van der Waals surface area contributed by atoms with Crippen molar-refractivity contribution >= 4 is 54.7 Å². The second kappa shape index (κ2) is 6.01. The lowest BCUT2D eigenvalue weighted by atomic mass is 11.0. The summed E-state index contributed by atoms with van der Waals surface area (Å²) in [7, 11) is 9.97. The Bertz CT molecular complexity index is 158. The van der Waals surface area contributed by atoms with Gasteiger partial charge in [-0.15, -0.1) is 0 Å². The standard InChI is InChI=1S/C6H14N2S4/c1-7(2)5(9)11-12-6(10)8(3)4/h11H2,1-4H3. The Balaban J connectivity index is 3.69. The summed E-state index contributed by atoms with van der Waals surface area (Å²) in [6.45, 7) is 0. The molecule has 0 bridgehead atoms. The molecule has 0 aliphatic carbocycles. The first-order chi connectivity index (χ1) is 5.45. The third-order valence-corrected chi connectivity index (χ3v) is 5.84. The van der Waals surface area contributed by atoms with Crippen molar-refractivity contribution in [3.63, 3.8) is 0 Å². The molecule has 0 aromatic rings. The van der Waals surface area contributed by atoms with Gasteiger partial charge in [-0.25, -0.2) is 0 Å². The molecule has 0 amide bonds.